The average Bonchev–Trinajstić information content (AvgIpc) is 3.24. The first kappa shape index (κ1) is 19.3. The van der Waals surface area contributed by atoms with Crippen LogP contribution in [-0.4, -0.2) is 65.9 Å². The number of nitrogens with zero attached hydrogens (tertiary/aromatic N) is 5. The molecule has 6 heteroatoms. The second-order valence-electron chi connectivity index (χ2n) is 7.91. The molecule has 0 radical (unpaired) electrons. The summed E-state index contributed by atoms with van der Waals surface area (Å²) in [6, 6.07) is 16.4. The number of benzene rings is 1. The zero-order valence-corrected chi connectivity index (χ0v) is 17.2. The van der Waals surface area contributed by atoms with Crippen molar-refractivity contribution in [2.24, 2.45) is 0 Å². The van der Waals surface area contributed by atoms with Crippen molar-refractivity contribution in [3.63, 3.8) is 0 Å². The van der Waals surface area contributed by atoms with E-state index in [4.69, 9.17) is 0 Å². The predicted octanol–water partition coefficient (Wildman–Crippen LogP) is 3.04. The van der Waals surface area contributed by atoms with Crippen LogP contribution in [0.4, 0.5) is 5.82 Å². The van der Waals surface area contributed by atoms with E-state index < -0.39 is 0 Å². The van der Waals surface area contributed by atoms with Gasteiger partial charge in [0.2, 0.25) is 0 Å². The summed E-state index contributed by atoms with van der Waals surface area (Å²) in [6.45, 7) is 2.43. The fraction of sp³-hybridized carbons (Fsp3) is 0.348. The van der Waals surface area contributed by atoms with E-state index in [9.17, 15) is 4.79 Å². The molecule has 0 N–H and O–H groups in total. The van der Waals surface area contributed by atoms with E-state index in [0.717, 1.165) is 41.9 Å². The minimum Gasteiger partial charge on any atom is -0.355 e. The van der Waals surface area contributed by atoms with Gasteiger partial charge in [-0.3, -0.25) is 9.78 Å². The van der Waals surface area contributed by atoms with Crippen LogP contribution in [0.2, 0.25) is 0 Å². The summed E-state index contributed by atoms with van der Waals surface area (Å²) in [5, 5.41) is 1.10. The van der Waals surface area contributed by atoms with Gasteiger partial charge in [0.15, 0.2) is 0 Å². The average molecular weight is 390 g/mol. The van der Waals surface area contributed by atoms with Crippen molar-refractivity contribution in [3.8, 4) is 0 Å². The molecular formula is C23H27N5O. The Balaban J connectivity index is 1.42. The summed E-state index contributed by atoms with van der Waals surface area (Å²) < 4.78 is 0. The van der Waals surface area contributed by atoms with E-state index in [-0.39, 0.29) is 5.91 Å². The lowest BCUT2D eigenvalue weighted by atomic mass is 10.2. The molecule has 4 rings (SSSR count). The van der Waals surface area contributed by atoms with E-state index in [1.165, 1.54) is 0 Å². The maximum absolute atomic E-state index is 12.8. The van der Waals surface area contributed by atoms with Crippen LogP contribution in [0.25, 0.3) is 10.9 Å². The standard InChI is InChI=1S/C23H27N5O/c1-26(2)20-12-13-28(16-20)22-11-9-18(14-24-22)23(29)27(3)15-19-10-8-17-6-4-5-7-21(17)25-19/h4-11,14,20H,12-13,15-16H2,1-3H3. The summed E-state index contributed by atoms with van der Waals surface area (Å²) in [5.74, 6) is 0.886. The third kappa shape index (κ3) is 4.22. The van der Waals surface area contributed by atoms with Crippen molar-refractivity contribution >= 4 is 22.6 Å². The first-order chi connectivity index (χ1) is 14.0. The molecule has 2 aromatic heterocycles. The number of anilines is 1. The lowest BCUT2D eigenvalue weighted by molar-refractivity contribution is 0.0783. The van der Waals surface area contributed by atoms with Crippen LogP contribution in [0.5, 0.6) is 0 Å². The first-order valence-electron chi connectivity index (χ1n) is 9.99. The molecule has 29 heavy (non-hydrogen) atoms. The number of fused-ring (bicyclic) bond motifs is 1. The SMILES string of the molecule is CN(Cc1ccc2ccccc2n1)C(=O)c1ccc(N2CCC(N(C)C)C2)nc1. The predicted molar refractivity (Wildman–Crippen MR) is 116 cm³/mol. The van der Waals surface area contributed by atoms with Crippen LogP contribution in [0.15, 0.2) is 54.7 Å². The molecule has 150 valence electrons. The Bertz CT molecular complexity index is 1000. The van der Waals surface area contributed by atoms with Crippen LogP contribution in [0.3, 0.4) is 0 Å². The van der Waals surface area contributed by atoms with Gasteiger partial charge >= 0.3 is 0 Å². The van der Waals surface area contributed by atoms with Gasteiger partial charge in [0.05, 0.1) is 23.3 Å². The van der Waals surface area contributed by atoms with Crippen molar-refractivity contribution in [1.29, 1.82) is 0 Å². The number of para-hydroxylation sites is 1. The molecule has 1 saturated heterocycles. The second kappa shape index (κ2) is 8.17. The molecule has 1 aliphatic heterocycles. The van der Waals surface area contributed by atoms with E-state index in [1.54, 1.807) is 18.1 Å². The smallest absolute Gasteiger partial charge is 0.255 e. The highest BCUT2D eigenvalue weighted by Crippen LogP contribution is 2.21. The molecule has 0 aliphatic carbocycles. The Kier molecular flexibility index (Phi) is 5.45. The van der Waals surface area contributed by atoms with Crippen LogP contribution < -0.4 is 4.90 Å². The largest absolute Gasteiger partial charge is 0.355 e. The van der Waals surface area contributed by atoms with Crippen LogP contribution in [0, 0.1) is 0 Å². The molecule has 6 nitrogen and oxygen atoms in total. The Hall–Kier alpha value is -2.99. The van der Waals surface area contributed by atoms with Crippen LogP contribution in [0.1, 0.15) is 22.5 Å². The molecule has 3 aromatic rings. The highest BCUT2D eigenvalue weighted by atomic mass is 16.2. The topological polar surface area (TPSA) is 52.6 Å². The summed E-state index contributed by atoms with van der Waals surface area (Å²) in [5.41, 5.74) is 2.41. The molecule has 1 atom stereocenters. The van der Waals surface area contributed by atoms with Gasteiger partial charge in [-0.05, 0) is 44.8 Å². The molecule has 1 aromatic carbocycles. The van der Waals surface area contributed by atoms with Gasteiger partial charge in [-0.15, -0.1) is 0 Å². The molecule has 0 spiro atoms. The number of carbonyl (C=O) groups excluding carboxylic acids is 1. The van der Waals surface area contributed by atoms with Crippen molar-refractivity contribution in [2.45, 2.75) is 19.0 Å². The highest BCUT2D eigenvalue weighted by Gasteiger charge is 2.25. The second-order valence-corrected chi connectivity index (χ2v) is 7.91. The van der Waals surface area contributed by atoms with Gasteiger partial charge in [0.1, 0.15) is 5.82 Å². The molecule has 0 bridgehead atoms. The Labute approximate surface area is 171 Å². The number of hydrogen-bond donors (Lipinski definition) is 0. The van der Waals surface area contributed by atoms with Crippen molar-refractivity contribution in [3.05, 3.63) is 66.0 Å². The number of likely N-dealkylation sites (N-methyl/N-ethyl adjacent to an activating group) is 1. The number of pyridine rings is 2. The fourth-order valence-electron chi connectivity index (χ4n) is 3.80. The van der Waals surface area contributed by atoms with Crippen molar-refractivity contribution in [1.82, 2.24) is 19.8 Å². The Morgan fingerprint density at radius 2 is 1.93 bits per heavy atom. The Morgan fingerprint density at radius 3 is 2.66 bits per heavy atom. The highest BCUT2D eigenvalue weighted by molar-refractivity contribution is 5.94. The first-order valence-corrected chi connectivity index (χ1v) is 9.99. The third-order valence-electron chi connectivity index (χ3n) is 5.61. The van der Waals surface area contributed by atoms with E-state index in [1.807, 2.05) is 48.5 Å². The maximum atomic E-state index is 12.8. The molecule has 1 aliphatic rings. The van der Waals surface area contributed by atoms with Gasteiger partial charge in [-0.1, -0.05) is 24.3 Å². The van der Waals surface area contributed by atoms with Gasteiger partial charge in [0.25, 0.3) is 5.91 Å². The third-order valence-corrected chi connectivity index (χ3v) is 5.61. The summed E-state index contributed by atoms with van der Waals surface area (Å²) >= 11 is 0. The number of amides is 1. The van der Waals surface area contributed by atoms with Crippen LogP contribution in [-0.2, 0) is 6.54 Å². The molecule has 1 unspecified atom stereocenters. The van der Waals surface area contributed by atoms with Gasteiger partial charge in [0, 0.05) is 37.8 Å². The lowest BCUT2D eigenvalue weighted by Crippen LogP contribution is -2.31. The normalized spacial score (nSPS) is 16.6. The van der Waals surface area contributed by atoms with E-state index in [2.05, 4.69) is 33.9 Å². The van der Waals surface area contributed by atoms with Gasteiger partial charge in [-0.2, -0.15) is 0 Å². The number of rotatable bonds is 5. The molecular weight excluding hydrogens is 362 g/mol. The minimum absolute atomic E-state index is 0.0494. The fourth-order valence-corrected chi connectivity index (χ4v) is 3.80. The monoisotopic (exact) mass is 389 g/mol. The molecule has 1 amide bonds. The molecule has 0 saturated carbocycles. The van der Waals surface area contributed by atoms with Crippen molar-refractivity contribution < 1.29 is 4.79 Å². The minimum atomic E-state index is -0.0494. The molecule has 3 heterocycles. The summed E-state index contributed by atoms with van der Waals surface area (Å²) in [4.78, 5) is 28.3. The molecule has 1 fully saturated rings. The van der Waals surface area contributed by atoms with Crippen molar-refractivity contribution in [2.75, 3.05) is 39.1 Å². The summed E-state index contributed by atoms with van der Waals surface area (Å²) in [7, 11) is 6.03. The van der Waals surface area contributed by atoms with E-state index in [0.29, 0.717) is 18.2 Å². The quantitative estimate of drug-likeness (QED) is 0.671. The zero-order chi connectivity index (χ0) is 20.4. The number of hydrogen-bond acceptors (Lipinski definition) is 5. The van der Waals surface area contributed by atoms with Gasteiger partial charge in [-0.25, -0.2) is 4.98 Å². The Morgan fingerprint density at radius 1 is 1.10 bits per heavy atom. The number of aromatic nitrogens is 2. The number of carbonyl (C=O) groups is 1. The van der Waals surface area contributed by atoms with Gasteiger partial charge < -0.3 is 14.7 Å². The zero-order valence-electron chi connectivity index (χ0n) is 17.2. The summed E-state index contributed by atoms with van der Waals surface area (Å²) in [6.07, 6.45) is 2.82. The van der Waals surface area contributed by atoms with Crippen LogP contribution >= 0.6 is 0 Å². The van der Waals surface area contributed by atoms with E-state index >= 15 is 0 Å². The lowest BCUT2D eigenvalue weighted by Gasteiger charge is -2.21. The maximum Gasteiger partial charge on any atom is 0.255 e.